The van der Waals surface area contributed by atoms with Gasteiger partial charge >= 0.3 is 16.5 Å². The molecule has 0 saturated carbocycles. The van der Waals surface area contributed by atoms with Crippen LogP contribution >= 0.6 is 16.5 Å². The van der Waals surface area contributed by atoms with Crippen molar-refractivity contribution in [1.29, 1.82) is 0 Å². The first kappa shape index (κ1) is 34.1. The molecule has 2 atom stereocenters. The smallest absolute Gasteiger partial charge is 0.387 e. The lowest BCUT2D eigenvalue weighted by molar-refractivity contribution is 0.184. The molecule has 0 saturated heterocycles. The molecule has 0 N–H and O–H groups in total. The Morgan fingerprint density at radius 2 is 0.679 bits per heavy atom. The van der Waals surface area contributed by atoms with E-state index in [1.807, 2.05) is 0 Å². The van der Waals surface area contributed by atoms with Crippen LogP contribution in [0.3, 0.4) is 0 Å². The molecular formula is C45H50O6P2. The lowest BCUT2D eigenvalue weighted by atomic mass is 9.84. The molecule has 8 heteroatoms. The maximum atomic E-state index is 6.72. The minimum atomic E-state index is -1.68. The standard InChI is InChI=1S/C45H50O6P2/c1-28(46-52-48-38-23-19-30-11-3-7-15-34(30)42(38)43-35-16-8-4-12-31(35)20-24-39(43)49-52)27-29(2)47-53-50-40-25-21-32-13-5-9-17-36(32)44(40)45-37-18-10-6-14-33(37)22-26-41(45)51-53/h19-26,28-29H,3-18,27H2,1-2H3/t28-,29-/m0/s1. The van der Waals surface area contributed by atoms with Crippen LogP contribution in [-0.4, -0.2) is 12.2 Å². The summed E-state index contributed by atoms with van der Waals surface area (Å²) in [5.41, 5.74) is 15.2. The Hall–Kier alpha value is -3.40. The Morgan fingerprint density at radius 3 is 0.962 bits per heavy atom. The lowest BCUT2D eigenvalue weighted by Gasteiger charge is -2.20. The summed E-state index contributed by atoms with van der Waals surface area (Å²) in [4.78, 5) is 0. The summed E-state index contributed by atoms with van der Waals surface area (Å²) >= 11 is 0. The predicted octanol–water partition coefficient (Wildman–Crippen LogP) is 13.1. The van der Waals surface area contributed by atoms with Crippen LogP contribution in [0.15, 0.2) is 65.3 Å². The lowest BCUT2D eigenvalue weighted by Crippen LogP contribution is -2.21. The number of benzene rings is 4. The van der Waals surface area contributed by atoms with E-state index < -0.39 is 16.5 Å². The molecule has 0 spiro atoms. The molecular weight excluding hydrogens is 698 g/mol. The zero-order valence-electron chi connectivity index (χ0n) is 31.1. The van der Waals surface area contributed by atoms with Gasteiger partial charge in [-0.05, 0) is 185 Å². The van der Waals surface area contributed by atoms with Gasteiger partial charge in [0.2, 0.25) is 0 Å². The fourth-order valence-electron chi connectivity index (χ4n) is 9.92. The van der Waals surface area contributed by atoms with Gasteiger partial charge < -0.3 is 16.8 Å². The molecule has 6 nitrogen and oxygen atoms in total. The van der Waals surface area contributed by atoms with Gasteiger partial charge in [0, 0.05) is 28.0 Å². The zero-order chi connectivity index (χ0) is 35.5. The minimum absolute atomic E-state index is 0.183. The van der Waals surface area contributed by atoms with Crippen LogP contribution in [0.1, 0.15) is 116 Å². The molecule has 0 aliphatic heterocycles. The van der Waals surface area contributed by atoms with Gasteiger partial charge in [0.25, 0.3) is 0 Å². The Morgan fingerprint density at radius 1 is 0.415 bits per heavy atom. The Balaban J connectivity index is 0.990. The van der Waals surface area contributed by atoms with Crippen LogP contribution in [0.2, 0.25) is 0 Å². The zero-order valence-corrected chi connectivity index (χ0v) is 32.9. The van der Waals surface area contributed by atoms with Gasteiger partial charge in [0.05, 0.1) is 12.2 Å². The third kappa shape index (κ3) is 6.38. The first-order valence-corrected chi connectivity index (χ1v) is 22.5. The predicted molar refractivity (Wildman–Crippen MR) is 216 cm³/mol. The van der Waals surface area contributed by atoms with Gasteiger partial charge in [-0.3, -0.25) is 9.05 Å². The van der Waals surface area contributed by atoms with E-state index in [9.17, 15) is 0 Å². The van der Waals surface area contributed by atoms with Gasteiger partial charge in [0.1, 0.15) is 22.3 Å². The average Bonchev–Trinajstić information content (AvgIpc) is 3.45. The number of aryl methyl sites for hydroxylation is 8. The number of fused-ring (bicyclic) bond motifs is 14. The summed E-state index contributed by atoms with van der Waals surface area (Å²) in [6.45, 7) is 4.18. The van der Waals surface area contributed by atoms with E-state index in [-0.39, 0.29) is 12.2 Å². The summed E-state index contributed by atoms with van der Waals surface area (Å²) in [7, 11) is -3.37. The molecule has 4 aliphatic carbocycles. The van der Waals surface area contributed by atoms with Crippen molar-refractivity contribution < 1.29 is 25.8 Å². The fourth-order valence-corrected chi connectivity index (χ4v) is 12.2. The molecule has 0 fully saturated rings. The van der Waals surface area contributed by atoms with E-state index >= 15 is 0 Å². The molecule has 4 aromatic carbocycles. The number of hydrogen-bond acceptors (Lipinski definition) is 6. The SMILES string of the molecule is C[C@@H](C[C@H](C)Op1oc2ccc3c(c2c2c4c(ccc2o1)CCCC4)CCCC3)Op1oc2ccc3c(c2c2c4c(ccc2o1)CCCC4)CCCC3. The van der Waals surface area contributed by atoms with Crippen molar-refractivity contribution in [1.82, 2.24) is 0 Å². The van der Waals surface area contributed by atoms with E-state index in [0.717, 1.165) is 73.7 Å². The molecule has 0 amide bonds. The summed E-state index contributed by atoms with van der Waals surface area (Å²) in [6, 6.07) is 17.8. The van der Waals surface area contributed by atoms with E-state index in [2.05, 4.69) is 62.4 Å². The molecule has 0 radical (unpaired) electrons. The van der Waals surface area contributed by atoms with Gasteiger partial charge in [-0.2, -0.15) is 0 Å². The third-order valence-corrected chi connectivity index (χ3v) is 14.8. The molecule has 276 valence electrons. The highest BCUT2D eigenvalue weighted by atomic mass is 31.1. The van der Waals surface area contributed by atoms with E-state index in [4.69, 9.17) is 25.8 Å². The van der Waals surface area contributed by atoms with Crippen molar-refractivity contribution >= 4 is 60.4 Å². The maximum absolute atomic E-state index is 6.72. The highest BCUT2D eigenvalue weighted by molar-refractivity contribution is 7.32. The Kier molecular flexibility index (Phi) is 9.24. The number of hydrogen-bond donors (Lipinski definition) is 0. The van der Waals surface area contributed by atoms with E-state index in [1.54, 1.807) is 0 Å². The van der Waals surface area contributed by atoms with Gasteiger partial charge in [-0.15, -0.1) is 0 Å². The topological polar surface area (TPSA) is 71.0 Å². The van der Waals surface area contributed by atoms with Crippen LogP contribution < -0.4 is 9.05 Å². The van der Waals surface area contributed by atoms with E-state index in [1.165, 1.54) is 117 Å². The van der Waals surface area contributed by atoms with Crippen LogP contribution in [0.5, 0.6) is 0 Å². The van der Waals surface area contributed by atoms with Crippen molar-refractivity contribution in [3.63, 3.8) is 0 Å². The van der Waals surface area contributed by atoms with Gasteiger partial charge in [-0.1, -0.05) is 24.3 Å². The summed E-state index contributed by atoms with van der Waals surface area (Å²) < 4.78 is 40.2. The first-order chi connectivity index (χ1) is 26.1. The average molecular weight is 749 g/mol. The summed E-state index contributed by atoms with van der Waals surface area (Å²) in [5.74, 6) is 0. The van der Waals surface area contributed by atoms with Crippen LogP contribution in [0.4, 0.5) is 0 Å². The van der Waals surface area contributed by atoms with Crippen molar-refractivity contribution in [2.24, 2.45) is 0 Å². The molecule has 4 aliphatic rings. The molecule has 53 heavy (non-hydrogen) atoms. The van der Waals surface area contributed by atoms with Crippen molar-refractivity contribution in [2.75, 3.05) is 0 Å². The number of rotatable bonds is 6. The third-order valence-electron chi connectivity index (χ3n) is 12.4. The van der Waals surface area contributed by atoms with Crippen LogP contribution in [-0.2, 0) is 51.4 Å². The highest BCUT2D eigenvalue weighted by Crippen LogP contribution is 2.44. The second-order valence-corrected chi connectivity index (χ2v) is 18.1. The molecule has 6 aromatic rings. The van der Waals surface area contributed by atoms with Crippen LogP contribution in [0, 0.1) is 0 Å². The van der Waals surface area contributed by atoms with Crippen molar-refractivity contribution in [3.8, 4) is 0 Å². The minimum Gasteiger partial charge on any atom is -0.399 e. The molecule has 0 bridgehead atoms. The quantitative estimate of drug-likeness (QED) is 0.169. The molecule has 10 rings (SSSR count). The van der Waals surface area contributed by atoms with Gasteiger partial charge in [-0.25, -0.2) is 0 Å². The van der Waals surface area contributed by atoms with Gasteiger partial charge in [0.15, 0.2) is 0 Å². The fraction of sp³-hybridized carbons (Fsp3) is 0.467. The Labute approximate surface area is 313 Å². The first-order valence-electron chi connectivity index (χ1n) is 20.3. The van der Waals surface area contributed by atoms with Crippen molar-refractivity contribution in [2.45, 2.75) is 135 Å². The maximum Gasteiger partial charge on any atom is 0.387 e. The van der Waals surface area contributed by atoms with Crippen LogP contribution in [0.25, 0.3) is 43.9 Å². The molecule has 2 aromatic heterocycles. The largest absolute Gasteiger partial charge is 0.399 e. The molecule has 2 heterocycles. The second kappa shape index (κ2) is 14.3. The molecule has 0 unspecified atom stereocenters. The summed E-state index contributed by atoms with van der Waals surface area (Å²) in [5, 5.41) is 5.01. The monoisotopic (exact) mass is 748 g/mol. The second-order valence-electron chi connectivity index (χ2n) is 16.0. The Bertz CT molecular complexity index is 2130. The van der Waals surface area contributed by atoms with E-state index in [0.29, 0.717) is 6.42 Å². The highest BCUT2D eigenvalue weighted by Gasteiger charge is 2.25. The normalized spacial score (nSPS) is 18.0. The van der Waals surface area contributed by atoms with Crippen molar-refractivity contribution in [3.05, 3.63) is 93.0 Å². The summed E-state index contributed by atoms with van der Waals surface area (Å²) in [6.07, 6.45) is 19.0.